The molecule has 0 saturated carbocycles. The molecule has 3 aliphatic rings. The van der Waals surface area contributed by atoms with Gasteiger partial charge >= 0.3 is 5.97 Å². The van der Waals surface area contributed by atoms with Crippen LogP contribution in [0.1, 0.15) is 22.7 Å². The summed E-state index contributed by atoms with van der Waals surface area (Å²) in [6.45, 7) is 6.18. The molecule has 3 heterocycles. The third-order valence-electron chi connectivity index (χ3n) is 7.56. The predicted octanol–water partition coefficient (Wildman–Crippen LogP) is 4.73. The second kappa shape index (κ2) is 8.80. The molecule has 37 heavy (non-hydrogen) atoms. The van der Waals surface area contributed by atoms with E-state index in [4.69, 9.17) is 9.47 Å². The van der Waals surface area contributed by atoms with Crippen LogP contribution in [0.5, 0.6) is 0 Å². The number of fused-ring (bicyclic) bond motifs is 1. The van der Waals surface area contributed by atoms with Crippen LogP contribution in [0.2, 0.25) is 0 Å². The zero-order valence-corrected chi connectivity index (χ0v) is 21.2. The van der Waals surface area contributed by atoms with Crippen LogP contribution >= 0.6 is 0 Å². The number of carbonyl (C=O) groups is 1. The van der Waals surface area contributed by atoms with Gasteiger partial charge in [0.2, 0.25) is 10.0 Å². The van der Waals surface area contributed by atoms with Crippen LogP contribution in [0.15, 0.2) is 114 Å². The van der Waals surface area contributed by atoms with Gasteiger partial charge in [-0.15, -0.1) is 0 Å². The van der Waals surface area contributed by atoms with E-state index in [-0.39, 0.29) is 17.6 Å². The summed E-state index contributed by atoms with van der Waals surface area (Å²) < 4.78 is 42.2. The molecule has 5 unspecified atom stereocenters. The van der Waals surface area contributed by atoms with Crippen molar-refractivity contribution in [2.24, 2.45) is 5.92 Å². The van der Waals surface area contributed by atoms with Gasteiger partial charge in [-0.2, -0.15) is 4.31 Å². The van der Waals surface area contributed by atoms with Crippen LogP contribution in [0.4, 0.5) is 0 Å². The van der Waals surface area contributed by atoms with Gasteiger partial charge in [-0.25, -0.2) is 8.42 Å². The van der Waals surface area contributed by atoms with Crippen molar-refractivity contribution in [2.75, 3.05) is 0 Å². The molecular weight excluding hydrogens is 486 g/mol. The van der Waals surface area contributed by atoms with Gasteiger partial charge in [0, 0.05) is 5.92 Å². The molecule has 7 heteroatoms. The number of esters is 1. The summed E-state index contributed by atoms with van der Waals surface area (Å²) in [5.74, 6) is -1.20. The Balaban J connectivity index is 1.50. The Kier molecular flexibility index (Phi) is 5.67. The molecule has 2 bridgehead atoms. The largest absolute Gasteiger partial charge is 0.460 e. The van der Waals surface area contributed by atoms with E-state index in [9.17, 15) is 13.2 Å². The Labute approximate surface area is 216 Å². The Morgan fingerprint density at radius 1 is 1.00 bits per heavy atom. The maximum absolute atomic E-state index is 14.3. The minimum Gasteiger partial charge on any atom is -0.460 e. The number of benzene rings is 3. The summed E-state index contributed by atoms with van der Waals surface area (Å²) in [5.41, 5.74) is 2.12. The quantitative estimate of drug-likeness (QED) is 0.352. The number of aryl methyl sites for hydroxylation is 1. The van der Waals surface area contributed by atoms with E-state index in [0.717, 1.165) is 16.7 Å². The third-order valence-corrected chi connectivity index (χ3v) is 9.42. The van der Waals surface area contributed by atoms with Crippen molar-refractivity contribution in [1.82, 2.24) is 4.31 Å². The lowest BCUT2D eigenvalue weighted by Gasteiger charge is -2.33. The standard InChI is InChI=1S/C30H27NO5S/c1-20-13-15-24(16-14-20)37(33,34)31-27(29(32)35-19-22-9-5-3-6-10-22)26-21(2)25-17-18-30(26,36-25)28(31)23-11-7-4-8-12-23/h3-18,25-28H,2,19H2,1H3. The van der Waals surface area contributed by atoms with Gasteiger partial charge < -0.3 is 9.47 Å². The summed E-state index contributed by atoms with van der Waals surface area (Å²) in [7, 11) is -4.15. The summed E-state index contributed by atoms with van der Waals surface area (Å²) >= 11 is 0. The SMILES string of the molecule is C=C1C2C=CC3(O2)C1C(C(=O)OCc1ccccc1)N(S(=O)(=O)c1ccc(C)cc1)C3c1ccccc1. The monoisotopic (exact) mass is 513 g/mol. The Morgan fingerprint density at radius 2 is 1.65 bits per heavy atom. The fraction of sp³-hybridized carbons (Fsp3) is 0.233. The van der Waals surface area contributed by atoms with E-state index in [1.54, 1.807) is 24.3 Å². The van der Waals surface area contributed by atoms with Crippen LogP contribution in [-0.4, -0.2) is 36.4 Å². The average Bonchev–Trinajstić information content (AvgIpc) is 3.56. The van der Waals surface area contributed by atoms with Crippen molar-refractivity contribution in [3.05, 3.63) is 126 Å². The van der Waals surface area contributed by atoms with E-state index >= 15 is 0 Å². The zero-order valence-electron chi connectivity index (χ0n) is 20.4. The number of carbonyl (C=O) groups excluding carboxylic acids is 1. The van der Waals surface area contributed by atoms with E-state index < -0.39 is 39.6 Å². The fourth-order valence-corrected chi connectivity index (χ4v) is 7.67. The first-order chi connectivity index (χ1) is 17.8. The summed E-state index contributed by atoms with van der Waals surface area (Å²) in [6.07, 6.45) is 3.45. The lowest BCUT2D eigenvalue weighted by atomic mass is 9.75. The first-order valence-corrected chi connectivity index (χ1v) is 13.7. The van der Waals surface area contributed by atoms with Gasteiger partial charge in [0.15, 0.2) is 0 Å². The fourth-order valence-electron chi connectivity index (χ4n) is 5.88. The highest BCUT2D eigenvalue weighted by Gasteiger charge is 2.71. The van der Waals surface area contributed by atoms with Crippen LogP contribution in [0.3, 0.4) is 0 Å². The lowest BCUT2D eigenvalue weighted by molar-refractivity contribution is -0.150. The topological polar surface area (TPSA) is 72.9 Å². The van der Waals surface area contributed by atoms with Crippen molar-refractivity contribution in [1.29, 1.82) is 0 Å². The lowest BCUT2D eigenvalue weighted by Crippen LogP contribution is -2.45. The van der Waals surface area contributed by atoms with Crippen molar-refractivity contribution >= 4 is 16.0 Å². The van der Waals surface area contributed by atoms with Gasteiger partial charge in [0.1, 0.15) is 18.2 Å². The number of sulfonamides is 1. The van der Waals surface area contributed by atoms with Crippen molar-refractivity contribution in [3.63, 3.8) is 0 Å². The van der Waals surface area contributed by atoms with Gasteiger partial charge in [0.05, 0.1) is 17.0 Å². The molecule has 0 aliphatic carbocycles. The highest BCUT2D eigenvalue weighted by Crippen LogP contribution is 2.62. The predicted molar refractivity (Wildman–Crippen MR) is 139 cm³/mol. The van der Waals surface area contributed by atoms with Gasteiger partial charge in [0.25, 0.3) is 0 Å². The van der Waals surface area contributed by atoms with Crippen LogP contribution in [0.25, 0.3) is 0 Å². The number of nitrogens with zero attached hydrogens (tertiary/aromatic N) is 1. The van der Waals surface area contributed by atoms with E-state index in [2.05, 4.69) is 6.58 Å². The second-order valence-corrected chi connectivity index (χ2v) is 11.6. The summed E-state index contributed by atoms with van der Waals surface area (Å²) in [4.78, 5) is 14.0. The number of ether oxygens (including phenoxy) is 2. The number of hydrogen-bond acceptors (Lipinski definition) is 5. The molecule has 6 nitrogen and oxygen atoms in total. The summed E-state index contributed by atoms with van der Waals surface area (Å²) in [5, 5.41) is 0. The Morgan fingerprint density at radius 3 is 2.32 bits per heavy atom. The average molecular weight is 514 g/mol. The third kappa shape index (κ3) is 3.69. The molecule has 2 fully saturated rings. The highest BCUT2D eigenvalue weighted by molar-refractivity contribution is 7.89. The smallest absolute Gasteiger partial charge is 0.325 e. The number of rotatable bonds is 6. The van der Waals surface area contributed by atoms with E-state index in [1.807, 2.05) is 79.7 Å². The molecule has 188 valence electrons. The zero-order chi connectivity index (χ0) is 25.8. The molecule has 3 aliphatic heterocycles. The minimum absolute atomic E-state index is 0.0386. The molecule has 5 atom stereocenters. The molecule has 6 rings (SSSR count). The minimum atomic E-state index is -4.15. The van der Waals surface area contributed by atoms with Crippen LogP contribution < -0.4 is 0 Å². The molecule has 3 aromatic carbocycles. The first kappa shape index (κ1) is 23.9. The molecule has 1 spiro atoms. The van der Waals surface area contributed by atoms with Crippen molar-refractivity contribution in [3.8, 4) is 0 Å². The van der Waals surface area contributed by atoms with Crippen LogP contribution in [-0.2, 0) is 30.9 Å². The molecule has 0 N–H and O–H groups in total. The van der Waals surface area contributed by atoms with Gasteiger partial charge in [-0.1, -0.05) is 97.1 Å². The maximum Gasteiger partial charge on any atom is 0.325 e. The molecule has 2 saturated heterocycles. The Bertz CT molecular complexity index is 1480. The van der Waals surface area contributed by atoms with E-state index in [1.165, 1.54) is 4.31 Å². The molecular formula is C30H27NO5S. The Hall–Kier alpha value is -3.52. The first-order valence-electron chi connectivity index (χ1n) is 12.2. The normalized spacial score (nSPS) is 28.4. The van der Waals surface area contributed by atoms with Crippen molar-refractivity contribution in [2.45, 2.75) is 42.2 Å². The molecule has 0 aromatic heterocycles. The van der Waals surface area contributed by atoms with Gasteiger partial charge in [-0.05, 0) is 35.8 Å². The summed E-state index contributed by atoms with van der Waals surface area (Å²) in [6, 6.07) is 23.4. The molecule has 3 aromatic rings. The van der Waals surface area contributed by atoms with Gasteiger partial charge in [-0.3, -0.25) is 4.79 Å². The highest BCUT2D eigenvalue weighted by atomic mass is 32.2. The number of hydrogen-bond donors (Lipinski definition) is 0. The molecule has 0 radical (unpaired) electrons. The van der Waals surface area contributed by atoms with Crippen LogP contribution in [0, 0.1) is 12.8 Å². The van der Waals surface area contributed by atoms with Crippen molar-refractivity contribution < 1.29 is 22.7 Å². The maximum atomic E-state index is 14.3. The van der Waals surface area contributed by atoms with E-state index in [0.29, 0.717) is 5.57 Å². The second-order valence-electron chi connectivity index (χ2n) is 9.80. The molecule has 0 amide bonds.